The van der Waals surface area contributed by atoms with E-state index in [1.54, 1.807) is 6.20 Å². The monoisotopic (exact) mass is 344 g/mol. The molecule has 1 amide bonds. The van der Waals surface area contributed by atoms with Crippen LogP contribution in [0.5, 0.6) is 0 Å². The first kappa shape index (κ1) is 14.3. The molecule has 4 heteroatoms. The molecule has 1 aromatic heterocycles. The van der Waals surface area contributed by atoms with Gasteiger partial charge < -0.3 is 4.90 Å². The van der Waals surface area contributed by atoms with E-state index in [9.17, 15) is 4.79 Å². The Hall–Kier alpha value is -1.68. The largest absolute Gasteiger partial charge is 0.334 e. The Balaban J connectivity index is 1.76. The quantitative estimate of drug-likeness (QED) is 0.849. The molecule has 2 aromatic rings. The topological polar surface area (TPSA) is 33.2 Å². The summed E-state index contributed by atoms with van der Waals surface area (Å²) < 4.78 is 0.993. The minimum Gasteiger partial charge on any atom is -0.334 e. The highest BCUT2D eigenvalue weighted by molar-refractivity contribution is 9.10. The molecule has 1 fully saturated rings. The molecule has 1 saturated heterocycles. The molecular formula is C17H17BrN2O. The molecule has 21 heavy (non-hydrogen) atoms. The number of carbonyl (C=O) groups is 1. The summed E-state index contributed by atoms with van der Waals surface area (Å²) in [5, 5.41) is 0. The average Bonchev–Trinajstić information content (AvgIpc) is 3.00. The van der Waals surface area contributed by atoms with Crippen LogP contribution < -0.4 is 0 Å². The van der Waals surface area contributed by atoms with Gasteiger partial charge in [-0.1, -0.05) is 40.2 Å². The molecule has 0 radical (unpaired) electrons. The lowest BCUT2D eigenvalue weighted by atomic mass is 10.1. The van der Waals surface area contributed by atoms with Crippen molar-refractivity contribution in [1.29, 1.82) is 0 Å². The van der Waals surface area contributed by atoms with E-state index in [0.29, 0.717) is 6.42 Å². The zero-order valence-electron chi connectivity index (χ0n) is 11.7. The van der Waals surface area contributed by atoms with Gasteiger partial charge in [0.25, 0.3) is 0 Å². The first-order valence-corrected chi connectivity index (χ1v) is 7.99. The number of benzene rings is 1. The van der Waals surface area contributed by atoms with Gasteiger partial charge in [0, 0.05) is 17.2 Å². The van der Waals surface area contributed by atoms with Crippen molar-refractivity contribution in [2.24, 2.45) is 0 Å². The molecule has 0 N–H and O–H groups in total. The molecule has 0 saturated carbocycles. The van der Waals surface area contributed by atoms with Crippen molar-refractivity contribution in [2.45, 2.75) is 25.3 Å². The van der Waals surface area contributed by atoms with Gasteiger partial charge >= 0.3 is 0 Å². The summed E-state index contributed by atoms with van der Waals surface area (Å²) in [6.07, 6.45) is 4.27. The first-order chi connectivity index (χ1) is 10.3. The minimum atomic E-state index is 0.126. The van der Waals surface area contributed by atoms with E-state index in [0.717, 1.165) is 35.1 Å². The van der Waals surface area contributed by atoms with Crippen LogP contribution in [0.4, 0.5) is 0 Å². The van der Waals surface area contributed by atoms with Crippen molar-refractivity contribution in [1.82, 2.24) is 9.88 Å². The van der Waals surface area contributed by atoms with E-state index in [1.165, 1.54) is 0 Å². The Bertz CT molecular complexity index is 630. The third-order valence-electron chi connectivity index (χ3n) is 3.90. The molecule has 3 nitrogen and oxygen atoms in total. The number of hydrogen-bond acceptors (Lipinski definition) is 2. The van der Waals surface area contributed by atoms with Crippen LogP contribution in [-0.4, -0.2) is 22.3 Å². The Morgan fingerprint density at radius 2 is 2.05 bits per heavy atom. The van der Waals surface area contributed by atoms with E-state index < -0.39 is 0 Å². The Labute approximate surface area is 133 Å². The highest BCUT2D eigenvalue weighted by atomic mass is 79.9. The summed E-state index contributed by atoms with van der Waals surface area (Å²) in [4.78, 5) is 19.0. The van der Waals surface area contributed by atoms with Crippen molar-refractivity contribution in [3.8, 4) is 0 Å². The molecule has 108 valence electrons. The summed E-state index contributed by atoms with van der Waals surface area (Å²) in [7, 11) is 0. The minimum absolute atomic E-state index is 0.126. The van der Waals surface area contributed by atoms with Gasteiger partial charge in [0.05, 0.1) is 18.2 Å². The second-order valence-corrected chi connectivity index (χ2v) is 6.12. The standard InChI is InChI=1S/C17H17BrN2O/c18-14-7-2-1-6-13(14)12-17(21)20-11-5-9-16(20)15-8-3-4-10-19-15/h1-4,6-8,10,16H,5,9,11-12H2/t16-/m1/s1. The molecule has 0 unspecified atom stereocenters. The van der Waals surface area contributed by atoms with Gasteiger partial charge in [-0.05, 0) is 36.6 Å². The predicted molar refractivity (Wildman–Crippen MR) is 85.8 cm³/mol. The van der Waals surface area contributed by atoms with Crippen LogP contribution in [0.25, 0.3) is 0 Å². The fraction of sp³-hybridized carbons (Fsp3) is 0.294. The van der Waals surface area contributed by atoms with Crippen LogP contribution in [0.15, 0.2) is 53.1 Å². The van der Waals surface area contributed by atoms with Gasteiger partial charge in [0.1, 0.15) is 0 Å². The normalized spacial score (nSPS) is 18.0. The molecule has 3 rings (SSSR count). The van der Waals surface area contributed by atoms with Crippen molar-refractivity contribution < 1.29 is 4.79 Å². The number of rotatable bonds is 3. The molecule has 1 atom stereocenters. The molecule has 1 aliphatic rings. The van der Waals surface area contributed by atoms with Gasteiger partial charge in [0.15, 0.2) is 0 Å². The van der Waals surface area contributed by atoms with Gasteiger partial charge in [-0.25, -0.2) is 0 Å². The van der Waals surface area contributed by atoms with Crippen LogP contribution in [0.1, 0.15) is 30.1 Å². The fourth-order valence-electron chi connectivity index (χ4n) is 2.85. The maximum Gasteiger partial charge on any atom is 0.227 e. The smallest absolute Gasteiger partial charge is 0.227 e. The van der Waals surface area contributed by atoms with Crippen molar-refractivity contribution in [2.75, 3.05) is 6.54 Å². The number of amides is 1. The molecule has 1 aromatic carbocycles. The molecule has 0 bridgehead atoms. The highest BCUT2D eigenvalue weighted by Gasteiger charge is 2.30. The van der Waals surface area contributed by atoms with Crippen LogP contribution in [0.2, 0.25) is 0 Å². The van der Waals surface area contributed by atoms with Crippen molar-refractivity contribution in [3.05, 3.63) is 64.4 Å². The maximum atomic E-state index is 12.6. The third-order valence-corrected chi connectivity index (χ3v) is 4.68. The number of hydrogen-bond donors (Lipinski definition) is 0. The second-order valence-electron chi connectivity index (χ2n) is 5.27. The number of aromatic nitrogens is 1. The Morgan fingerprint density at radius 1 is 1.24 bits per heavy atom. The lowest BCUT2D eigenvalue weighted by Crippen LogP contribution is -2.32. The zero-order chi connectivity index (χ0) is 14.7. The van der Waals surface area contributed by atoms with E-state index in [1.807, 2.05) is 47.4 Å². The van der Waals surface area contributed by atoms with Crippen molar-refractivity contribution in [3.63, 3.8) is 0 Å². The number of carbonyl (C=O) groups excluding carboxylic acids is 1. The molecule has 2 heterocycles. The highest BCUT2D eigenvalue weighted by Crippen LogP contribution is 2.31. The summed E-state index contributed by atoms with van der Waals surface area (Å²) in [5.41, 5.74) is 2.03. The van der Waals surface area contributed by atoms with E-state index >= 15 is 0 Å². The van der Waals surface area contributed by atoms with Crippen LogP contribution in [0.3, 0.4) is 0 Å². The number of likely N-dealkylation sites (tertiary alicyclic amines) is 1. The lowest BCUT2D eigenvalue weighted by Gasteiger charge is -2.24. The van der Waals surface area contributed by atoms with Crippen LogP contribution in [-0.2, 0) is 11.2 Å². The number of nitrogens with zero attached hydrogens (tertiary/aromatic N) is 2. The summed E-state index contributed by atoms with van der Waals surface area (Å²) in [6.45, 7) is 0.824. The lowest BCUT2D eigenvalue weighted by molar-refractivity contribution is -0.131. The SMILES string of the molecule is O=C(Cc1ccccc1Br)N1CCC[C@@H]1c1ccccn1. The number of pyridine rings is 1. The third kappa shape index (κ3) is 3.16. The van der Waals surface area contributed by atoms with Gasteiger partial charge in [-0.15, -0.1) is 0 Å². The van der Waals surface area contributed by atoms with Gasteiger partial charge in [0.2, 0.25) is 5.91 Å². The van der Waals surface area contributed by atoms with Gasteiger partial charge in [-0.2, -0.15) is 0 Å². The van der Waals surface area contributed by atoms with Crippen LogP contribution >= 0.6 is 15.9 Å². The average molecular weight is 345 g/mol. The summed E-state index contributed by atoms with van der Waals surface area (Å²) in [5.74, 6) is 0.176. The summed E-state index contributed by atoms with van der Waals surface area (Å²) >= 11 is 3.51. The second kappa shape index (κ2) is 6.39. The number of halogens is 1. The Morgan fingerprint density at radius 3 is 2.81 bits per heavy atom. The molecule has 0 aliphatic carbocycles. The molecule has 1 aliphatic heterocycles. The first-order valence-electron chi connectivity index (χ1n) is 7.19. The predicted octanol–water partition coefficient (Wildman–Crippen LogP) is 3.75. The van der Waals surface area contributed by atoms with Crippen molar-refractivity contribution >= 4 is 21.8 Å². The van der Waals surface area contributed by atoms with Gasteiger partial charge in [-0.3, -0.25) is 9.78 Å². The molecule has 0 spiro atoms. The molecular weight excluding hydrogens is 328 g/mol. The maximum absolute atomic E-state index is 12.6. The fourth-order valence-corrected chi connectivity index (χ4v) is 3.28. The van der Waals surface area contributed by atoms with E-state index in [2.05, 4.69) is 20.9 Å². The Kier molecular flexibility index (Phi) is 4.34. The van der Waals surface area contributed by atoms with E-state index in [-0.39, 0.29) is 11.9 Å². The van der Waals surface area contributed by atoms with E-state index in [4.69, 9.17) is 0 Å². The summed E-state index contributed by atoms with van der Waals surface area (Å²) in [6, 6.07) is 13.9. The zero-order valence-corrected chi connectivity index (χ0v) is 13.3. The van der Waals surface area contributed by atoms with Crippen LogP contribution in [0, 0.1) is 0 Å².